The van der Waals surface area contributed by atoms with E-state index in [1.165, 1.54) is 0 Å². The number of carbonyl (C=O) groups excluding carboxylic acids is 2. The summed E-state index contributed by atoms with van der Waals surface area (Å²) in [6.45, 7) is 0.850. The van der Waals surface area contributed by atoms with Gasteiger partial charge in [-0.3, -0.25) is 4.79 Å². The second-order valence-electron chi connectivity index (χ2n) is 4.30. The number of carbonyl (C=O) groups is 2. The molecule has 1 aliphatic carbocycles. The van der Waals surface area contributed by atoms with Gasteiger partial charge in [0.1, 0.15) is 0 Å². The molecule has 18 heavy (non-hydrogen) atoms. The van der Waals surface area contributed by atoms with Crippen LogP contribution >= 0.6 is 0 Å². The maximum atomic E-state index is 11.6. The Hall–Kier alpha value is -2.04. The van der Waals surface area contributed by atoms with Gasteiger partial charge in [0.25, 0.3) is 5.91 Å². The van der Waals surface area contributed by atoms with E-state index in [-0.39, 0.29) is 11.9 Å². The van der Waals surface area contributed by atoms with E-state index in [2.05, 4.69) is 16.0 Å². The Morgan fingerprint density at radius 3 is 2.39 bits per heavy atom. The normalized spacial score (nSPS) is 13.8. The molecule has 2 rings (SSSR count). The van der Waals surface area contributed by atoms with E-state index in [4.69, 9.17) is 0 Å². The third kappa shape index (κ3) is 4.08. The van der Waals surface area contributed by atoms with Crippen molar-refractivity contribution in [3.8, 4) is 0 Å². The van der Waals surface area contributed by atoms with Gasteiger partial charge in [-0.2, -0.15) is 0 Å². The highest BCUT2D eigenvalue weighted by Crippen LogP contribution is 2.17. The fourth-order valence-corrected chi connectivity index (χ4v) is 1.51. The van der Waals surface area contributed by atoms with Crippen molar-refractivity contribution in [3.05, 3.63) is 35.9 Å². The Labute approximate surface area is 106 Å². The van der Waals surface area contributed by atoms with Gasteiger partial charge in [0.2, 0.25) is 0 Å². The van der Waals surface area contributed by atoms with Gasteiger partial charge >= 0.3 is 6.03 Å². The van der Waals surface area contributed by atoms with Gasteiger partial charge in [0.15, 0.2) is 0 Å². The first-order valence-electron chi connectivity index (χ1n) is 6.13. The van der Waals surface area contributed by atoms with Gasteiger partial charge < -0.3 is 16.0 Å². The minimum absolute atomic E-state index is 0.125. The van der Waals surface area contributed by atoms with Crippen LogP contribution in [0.2, 0.25) is 0 Å². The van der Waals surface area contributed by atoms with Gasteiger partial charge in [0.05, 0.1) is 0 Å². The Morgan fingerprint density at radius 2 is 1.72 bits per heavy atom. The van der Waals surface area contributed by atoms with Crippen LogP contribution in [0.3, 0.4) is 0 Å². The average Bonchev–Trinajstić information content (AvgIpc) is 3.19. The Morgan fingerprint density at radius 1 is 1.06 bits per heavy atom. The second kappa shape index (κ2) is 6.05. The van der Waals surface area contributed by atoms with Crippen molar-refractivity contribution in [3.63, 3.8) is 0 Å². The molecule has 0 atom stereocenters. The summed E-state index contributed by atoms with van der Waals surface area (Å²) in [7, 11) is 0. The fraction of sp³-hybridized carbons (Fsp3) is 0.385. The lowest BCUT2D eigenvalue weighted by Crippen LogP contribution is -2.41. The van der Waals surface area contributed by atoms with Crippen LogP contribution in [-0.4, -0.2) is 31.1 Å². The van der Waals surface area contributed by atoms with Crippen LogP contribution in [0.15, 0.2) is 30.3 Å². The van der Waals surface area contributed by atoms with E-state index in [1.807, 2.05) is 18.2 Å². The molecule has 0 saturated heterocycles. The van der Waals surface area contributed by atoms with Crippen LogP contribution in [0, 0.1) is 0 Å². The van der Waals surface area contributed by atoms with Crippen LogP contribution < -0.4 is 16.0 Å². The summed E-state index contributed by atoms with van der Waals surface area (Å²) in [6, 6.07) is 9.19. The minimum Gasteiger partial charge on any atom is -0.350 e. The van der Waals surface area contributed by atoms with Crippen molar-refractivity contribution in [2.75, 3.05) is 13.1 Å². The fourth-order valence-electron chi connectivity index (χ4n) is 1.51. The number of hydrogen-bond acceptors (Lipinski definition) is 2. The number of amides is 3. The van der Waals surface area contributed by atoms with Gasteiger partial charge in [-0.15, -0.1) is 0 Å². The number of hydrogen-bond donors (Lipinski definition) is 3. The molecular weight excluding hydrogens is 230 g/mol. The van der Waals surface area contributed by atoms with Gasteiger partial charge in [-0.1, -0.05) is 18.2 Å². The maximum Gasteiger partial charge on any atom is 0.315 e. The Kier molecular flexibility index (Phi) is 4.17. The highest BCUT2D eigenvalue weighted by atomic mass is 16.2. The summed E-state index contributed by atoms with van der Waals surface area (Å²) in [6.07, 6.45) is 2.14. The summed E-state index contributed by atoms with van der Waals surface area (Å²) < 4.78 is 0. The second-order valence-corrected chi connectivity index (χ2v) is 4.30. The molecule has 0 unspecified atom stereocenters. The van der Waals surface area contributed by atoms with E-state index < -0.39 is 0 Å². The number of rotatable bonds is 5. The summed E-state index contributed by atoms with van der Waals surface area (Å²) in [5.74, 6) is -0.125. The summed E-state index contributed by atoms with van der Waals surface area (Å²) in [4.78, 5) is 22.9. The molecular formula is C13H17N3O2. The van der Waals surface area contributed by atoms with Gasteiger partial charge in [-0.05, 0) is 25.0 Å². The van der Waals surface area contributed by atoms with Crippen LogP contribution in [0.4, 0.5) is 4.79 Å². The monoisotopic (exact) mass is 247 g/mol. The first-order chi connectivity index (χ1) is 8.75. The third-order valence-electron chi connectivity index (χ3n) is 2.64. The summed E-state index contributed by atoms with van der Waals surface area (Å²) in [5, 5.41) is 8.25. The lowest BCUT2D eigenvalue weighted by Gasteiger charge is -2.07. The smallest absolute Gasteiger partial charge is 0.315 e. The molecule has 1 saturated carbocycles. The highest BCUT2D eigenvalue weighted by Gasteiger charge is 2.22. The zero-order valence-corrected chi connectivity index (χ0v) is 10.1. The third-order valence-corrected chi connectivity index (χ3v) is 2.64. The maximum absolute atomic E-state index is 11.6. The van der Waals surface area contributed by atoms with Crippen molar-refractivity contribution in [2.24, 2.45) is 0 Å². The van der Waals surface area contributed by atoms with E-state index in [0.29, 0.717) is 24.7 Å². The topological polar surface area (TPSA) is 70.2 Å². The lowest BCUT2D eigenvalue weighted by molar-refractivity contribution is 0.0954. The van der Waals surface area contributed by atoms with Crippen LogP contribution in [0.5, 0.6) is 0 Å². The standard InChI is InChI=1S/C13H17N3O2/c17-12(10-4-2-1-3-5-10)14-8-9-15-13(18)16-11-6-7-11/h1-5,11H,6-9H2,(H,14,17)(H2,15,16,18). The van der Waals surface area contributed by atoms with E-state index in [9.17, 15) is 9.59 Å². The Bertz CT molecular complexity index is 416. The first kappa shape index (κ1) is 12.4. The molecule has 5 heteroatoms. The highest BCUT2D eigenvalue weighted by molar-refractivity contribution is 5.94. The zero-order valence-electron chi connectivity index (χ0n) is 10.1. The SMILES string of the molecule is O=C(NCCNC(=O)c1ccccc1)NC1CC1. The van der Waals surface area contributed by atoms with Crippen LogP contribution in [0.25, 0.3) is 0 Å². The molecule has 3 amide bonds. The molecule has 96 valence electrons. The van der Waals surface area contributed by atoms with Crippen molar-refractivity contribution in [1.29, 1.82) is 0 Å². The number of urea groups is 1. The molecule has 0 aliphatic heterocycles. The molecule has 0 bridgehead atoms. The van der Waals surface area contributed by atoms with Gasteiger partial charge in [0, 0.05) is 24.7 Å². The zero-order chi connectivity index (χ0) is 12.8. The van der Waals surface area contributed by atoms with Crippen LogP contribution in [0.1, 0.15) is 23.2 Å². The number of benzene rings is 1. The van der Waals surface area contributed by atoms with Gasteiger partial charge in [-0.25, -0.2) is 4.79 Å². The predicted molar refractivity (Wildman–Crippen MR) is 68.3 cm³/mol. The molecule has 0 heterocycles. The largest absolute Gasteiger partial charge is 0.350 e. The average molecular weight is 247 g/mol. The molecule has 5 nitrogen and oxygen atoms in total. The molecule has 1 aromatic carbocycles. The van der Waals surface area contributed by atoms with E-state index in [0.717, 1.165) is 12.8 Å². The predicted octanol–water partition coefficient (Wildman–Crippen LogP) is 0.878. The van der Waals surface area contributed by atoms with Crippen molar-refractivity contribution in [2.45, 2.75) is 18.9 Å². The molecule has 0 aromatic heterocycles. The quantitative estimate of drug-likeness (QED) is 0.676. The molecule has 3 N–H and O–H groups in total. The molecule has 0 radical (unpaired) electrons. The van der Waals surface area contributed by atoms with E-state index in [1.54, 1.807) is 12.1 Å². The molecule has 1 fully saturated rings. The minimum atomic E-state index is -0.161. The first-order valence-corrected chi connectivity index (χ1v) is 6.13. The van der Waals surface area contributed by atoms with Crippen molar-refractivity contribution < 1.29 is 9.59 Å². The molecule has 1 aliphatic rings. The lowest BCUT2D eigenvalue weighted by atomic mass is 10.2. The van der Waals surface area contributed by atoms with Crippen molar-refractivity contribution in [1.82, 2.24) is 16.0 Å². The van der Waals surface area contributed by atoms with Crippen molar-refractivity contribution >= 4 is 11.9 Å². The van der Waals surface area contributed by atoms with Crippen LogP contribution in [-0.2, 0) is 0 Å². The van der Waals surface area contributed by atoms with E-state index >= 15 is 0 Å². The molecule has 1 aromatic rings. The Balaban J connectivity index is 1.60. The summed E-state index contributed by atoms with van der Waals surface area (Å²) in [5.41, 5.74) is 0.625. The molecule has 0 spiro atoms. The number of nitrogens with one attached hydrogen (secondary N) is 3. The summed E-state index contributed by atoms with van der Waals surface area (Å²) >= 11 is 0.